The fraction of sp³-hybridized carbons (Fsp3) is 0.389. The van der Waals surface area contributed by atoms with Gasteiger partial charge in [-0.15, -0.1) is 11.3 Å². The Balaban J connectivity index is 1.87. The maximum atomic E-state index is 12.8. The molecule has 2 heterocycles. The number of amides is 1. The highest BCUT2D eigenvalue weighted by molar-refractivity contribution is 7.12. The molecule has 1 aromatic carbocycles. The van der Waals surface area contributed by atoms with Gasteiger partial charge in [0.15, 0.2) is 11.5 Å². The molecule has 1 amide bonds. The summed E-state index contributed by atoms with van der Waals surface area (Å²) in [4.78, 5) is 17.0. The maximum absolute atomic E-state index is 12.8. The first-order valence-corrected chi connectivity index (χ1v) is 8.45. The molecule has 2 aromatic rings. The minimum atomic E-state index is 0.118. The van der Waals surface area contributed by atoms with Crippen LogP contribution in [-0.2, 0) is 13.0 Å². The summed E-state index contributed by atoms with van der Waals surface area (Å²) in [5.41, 5.74) is 3.19. The molecule has 122 valence electrons. The molecular formula is C18H21NO3S. The largest absolute Gasteiger partial charge is 0.493 e. The van der Waals surface area contributed by atoms with Crippen LogP contribution < -0.4 is 9.47 Å². The number of carbonyl (C=O) groups excluding carboxylic acids is 1. The van der Waals surface area contributed by atoms with Crippen molar-refractivity contribution in [2.24, 2.45) is 0 Å². The number of carbonyl (C=O) groups is 1. The summed E-state index contributed by atoms with van der Waals surface area (Å²) in [7, 11) is 3.28. The quantitative estimate of drug-likeness (QED) is 0.863. The van der Waals surface area contributed by atoms with Crippen LogP contribution in [0.5, 0.6) is 11.5 Å². The van der Waals surface area contributed by atoms with Crippen molar-refractivity contribution in [1.29, 1.82) is 0 Å². The molecule has 5 heteroatoms. The third kappa shape index (κ3) is 2.93. The van der Waals surface area contributed by atoms with Crippen LogP contribution in [0.25, 0.3) is 0 Å². The van der Waals surface area contributed by atoms with Crippen LogP contribution in [0, 0.1) is 13.8 Å². The van der Waals surface area contributed by atoms with E-state index in [4.69, 9.17) is 9.47 Å². The zero-order chi connectivity index (χ0) is 16.6. The van der Waals surface area contributed by atoms with Gasteiger partial charge in [-0.05, 0) is 49.6 Å². The van der Waals surface area contributed by atoms with Crippen molar-refractivity contribution < 1.29 is 14.3 Å². The van der Waals surface area contributed by atoms with Gasteiger partial charge in [-0.2, -0.15) is 0 Å². The third-order valence-electron chi connectivity index (χ3n) is 4.28. The predicted molar refractivity (Wildman–Crippen MR) is 91.8 cm³/mol. The number of fused-ring (bicyclic) bond motifs is 1. The first-order valence-electron chi connectivity index (χ1n) is 7.63. The van der Waals surface area contributed by atoms with E-state index in [-0.39, 0.29) is 5.91 Å². The van der Waals surface area contributed by atoms with E-state index in [9.17, 15) is 4.79 Å². The highest BCUT2D eigenvalue weighted by Crippen LogP contribution is 2.34. The zero-order valence-corrected chi connectivity index (χ0v) is 14.8. The molecule has 1 aliphatic rings. The normalized spacial score (nSPS) is 13.7. The topological polar surface area (TPSA) is 38.8 Å². The van der Waals surface area contributed by atoms with Crippen molar-refractivity contribution in [3.63, 3.8) is 0 Å². The average Bonchev–Trinajstić information content (AvgIpc) is 2.90. The van der Waals surface area contributed by atoms with Crippen LogP contribution in [-0.4, -0.2) is 31.6 Å². The van der Waals surface area contributed by atoms with E-state index in [0.29, 0.717) is 12.3 Å². The van der Waals surface area contributed by atoms with Gasteiger partial charge in [0.2, 0.25) is 0 Å². The molecule has 0 fully saturated rings. The van der Waals surface area contributed by atoms with Crippen molar-refractivity contribution in [2.45, 2.75) is 26.8 Å². The highest BCUT2D eigenvalue weighted by atomic mass is 32.1. The number of nitrogens with zero attached hydrogens (tertiary/aromatic N) is 1. The molecule has 0 saturated heterocycles. The van der Waals surface area contributed by atoms with Crippen LogP contribution in [0.15, 0.2) is 18.2 Å². The molecule has 0 N–H and O–H groups in total. The predicted octanol–water partition coefficient (Wildman–Crippen LogP) is 3.58. The Morgan fingerprint density at radius 2 is 1.74 bits per heavy atom. The molecule has 1 aliphatic heterocycles. The maximum Gasteiger partial charge on any atom is 0.255 e. The van der Waals surface area contributed by atoms with Gasteiger partial charge in [-0.25, -0.2) is 0 Å². The summed E-state index contributed by atoms with van der Waals surface area (Å²) in [5, 5.41) is 0. The molecule has 4 nitrogen and oxygen atoms in total. The minimum Gasteiger partial charge on any atom is -0.493 e. The number of benzene rings is 1. The van der Waals surface area contributed by atoms with Gasteiger partial charge in [0, 0.05) is 22.8 Å². The first kappa shape index (κ1) is 15.9. The van der Waals surface area contributed by atoms with Crippen LogP contribution in [0.4, 0.5) is 0 Å². The van der Waals surface area contributed by atoms with Gasteiger partial charge in [-0.1, -0.05) is 0 Å². The summed E-state index contributed by atoms with van der Waals surface area (Å²) in [6.45, 7) is 5.40. The van der Waals surface area contributed by atoms with Crippen molar-refractivity contribution in [3.05, 3.63) is 44.6 Å². The number of ether oxygens (including phenoxy) is 2. The Kier molecular flexibility index (Phi) is 4.31. The fourth-order valence-electron chi connectivity index (χ4n) is 3.07. The van der Waals surface area contributed by atoms with Gasteiger partial charge < -0.3 is 14.4 Å². The van der Waals surface area contributed by atoms with Crippen LogP contribution >= 0.6 is 11.3 Å². The van der Waals surface area contributed by atoms with Crippen LogP contribution in [0.3, 0.4) is 0 Å². The third-order valence-corrected chi connectivity index (χ3v) is 5.24. The van der Waals surface area contributed by atoms with Crippen molar-refractivity contribution in [3.8, 4) is 11.5 Å². The number of hydrogen-bond acceptors (Lipinski definition) is 4. The lowest BCUT2D eigenvalue weighted by Crippen LogP contribution is -2.36. The summed E-state index contributed by atoms with van der Waals surface area (Å²) < 4.78 is 10.7. The summed E-state index contributed by atoms with van der Waals surface area (Å²) >= 11 is 1.67. The van der Waals surface area contributed by atoms with Gasteiger partial charge in [0.25, 0.3) is 5.91 Å². The van der Waals surface area contributed by atoms with E-state index in [0.717, 1.165) is 34.7 Å². The second-order valence-electron chi connectivity index (χ2n) is 5.78. The molecule has 1 aromatic heterocycles. The summed E-state index contributed by atoms with van der Waals surface area (Å²) in [5.74, 6) is 1.57. The van der Waals surface area contributed by atoms with Crippen LogP contribution in [0.1, 0.15) is 31.2 Å². The van der Waals surface area contributed by atoms with Gasteiger partial charge in [0.1, 0.15) is 0 Å². The Hall–Kier alpha value is -2.01. The lowest BCUT2D eigenvalue weighted by atomic mass is 9.98. The Labute approximate surface area is 140 Å². The highest BCUT2D eigenvalue weighted by Gasteiger charge is 2.25. The molecule has 0 saturated carbocycles. The number of hydrogen-bond donors (Lipinski definition) is 0. The Bertz CT molecular complexity index is 751. The number of methoxy groups -OCH3 is 2. The molecule has 0 bridgehead atoms. The van der Waals surface area contributed by atoms with E-state index in [2.05, 4.69) is 0 Å². The molecule has 0 aliphatic carbocycles. The standard InChI is InChI=1S/C18H21NO3S/c1-11-7-15(12(2)23-11)18(20)19-6-5-13-8-16(21-3)17(22-4)9-14(13)10-19/h7-9H,5-6,10H2,1-4H3. The van der Waals surface area contributed by atoms with Gasteiger partial charge in [-0.3, -0.25) is 4.79 Å². The van der Waals surface area contributed by atoms with Gasteiger partial charge in [0.05, 0.1) is 19.8 Å². The Morgan fingerprint density at radius 1 is 1.09 bits per heavy atom. The van der Waals surface area contributed by atoms with Crippen molar-refractivity contribution in [1.82, 2.24) is 4.90 Å². The van der Waals surface area contributed by atoms with E-state index >= 15 is 0 Å². The number of rotatable bonds is 3. The van der Waals surface area contributed by atoms with Crippen LogP contribution in [0.2, 0.25) is 0 Å². The average molecular weight is 331 g/mol. The smallest absolute Gasteiger partial charge is 0.255 e. The van der Waals surface area contributed by atoms with Gasteiger partial charge >= 0.3 is 0 Å². The number of thiophene rings is 1. The summed E-state index contributed by atoms with van der Waals surface area (Å²) in [6, 6.07) is 6.00. The minimum absolute atomic E-state index is 0.118. The molecule has 0 spiro atoms. The SMILES string of the molecule is COc1cc2c(cc1OC)CN(C(=O)c1cc(C)sc1C)CC2. The second-order valence-corrected chi connectivity index (χ2v) is 7.24. The molecule has 0 atom stereocenters. The molecular weight excluding hydrogens is 310 g/mol. The number of aryl methyl sites for hydroxylation is 2. The van der Waals surface area contributed by atoms with E-state index in [1.165, 1.54) is 10.4 Å². The fourth-order valence-corrected chi connectivity index (χ4v) is 3.99. The molecule has 23 heavy (non-hydrogen) atoms. The lowest BCUT2D eigenvalue weighted by Gasteiger charge is -2.29. The zero-order valence-electron chi connectivity index (χ0n) is 13.9. The molecule has 0 radical (unpaired) electrons. The van der Waals surface area contributed by atoms with Crippen molar-refractivity contribution in [2.75, 3.05) is 20.8 Å². The second kappa shape index (κ2) is 6.24. The molecule has 0 unspecified atom stereocenters. The van der Waals surface area contributed by atoms with Crippen molar-refractivity contribution >= 4 is 17.2 Å². The van der Waals surface area contributed by atoms with E-state index in [1.807, 2.05) is 36.9 Å². The lowest BCUT2D eigenvalue weighted by molar-refractivity contribution is 0.0734. The Morgan fingerprint density at radius 3 is 2.30 bits per heavy atom. The molecule has 3 rings (SSSR count). The monoisotopic (exact) mass is 331 g/mol. The van der Waals surface area contributed by atoms with E-state index < -0.39 is 0 Å². The first-order chi connectivity index (χ1) is 11.0. The summed E-state index contributed by atoms with van der Waals surface area (Å²) in [6.07, 6.45) is 0.837. The van der Waals surface area contributed by atoms with E-state index in [1.54, 1.807) is 25.6 Å².